The highest BCUT2D eigenvalue weighted by Crippen LogP contribution is 2.26. The summed E-state index contributed by atoms with van der Waals surface area (Å²) in [4.78, 5) is 34.7. The van der Waals surface area contributed by atoms with Crippen molar-refractivity contribution in [1.82, 2.24) is 4.90 Å². The van der Waals surface area contributed by atoms with Crippen LogP contribution < -0.4 is 11.5 Å². The highest BCUT2D eigenvalue weighted by atomic mass is 19.4. The van der Waals surface area contributed by atoms with Gasteiger partial charge in [-0.2, -0.15) is 13.2 Å². The second kappa shape index (κ2) is 11.1. The SMILES string of the molecule is NC(=O)[C@@H](c1ccc(-c2ccc(F)cc2)cc1)[C@H](N)C(=O)N1CC[C@H](F)C1.O=C(O)C(F)(F)F. The summed E-state index contributed by atoms with van der Waals surface area (Å²) in [6.45, 7) is 0.268. The van der Waals surface area contributed by atoms with Gasteiger partial charge in [0.2, 0.25) is 11.8 Å². The molecule has 0 aliphatic carbocycles. The molecule has 5 N–H and O–H groups in total. The van der Waals surface area contributed by atoms with Crippen molar-refractivity contribution in [3.8, 4) is 11.1 Å². The predicted octanol–water partition coefficient (Wildman–Crippen LogP) is 2.59. The Morgan fingerprint density at radius 3 is 1.85 bits per heavy atom. The van der Waals surface area contributed by atoms with Gasteiger partial charge in [0, 0.05) is 6.54 Å². The Kier molecular flexibility index (Phi) is 8.68. The molecule has 7 nitrogen and oxygen atoms in total. The number of halogens is 5. The molecule has 0 radical (unpaired) electrons. The number of rotatable bonds is 5. The Morgan fingerprint density at radius 1 is 1.00 bits per heavy atom. The largest absolute Gasteiger partial charge is 0.490 e. The van der Waals surface area contributed by atoms with Crippen LogP contribution in [-0.2, 0) is 14.4 Å². The first kappa shape index (κ1) is 26.7. The molecule has 0 aromatic heterocycles. The Hall–Kier alpha value is -3.54. The van der Waals surface area contributed by atoms with Crippen LogP contribution in [0.1, 0.15) is 17.9 Å². The zero-order chi connectivity index (χ0) is 25.6. The normalized spacial score (nSPS) is 17.4. The number of carboxylic acids is 1. The lowest BCUT2D eigenvalue weighted by molar-refractivity contribution is -0.192. The number of primary amides is 1. The maximum absolute atomic E-state index is 13.4. The summed E-state index contributed by atoms with van der Waals surface area (Å²) >= 11 is 0. The number of amides is 2. The van der Waals surface area contributed by atoms with E-state index in [1.54, 1.807) is 36.4 Å². The lowest BCUT2D eigenvalue weighted by atomic mass is 9.89. The van der Waals surface area contributed by atoms with Crippen molar-refractivity contribution in [2.45, 2.75) is 30.7 Å². The first-order valence-electron chi connectivity index (χ1n) is 9.95. The highest BCUT2D eigenvalue weighted by Gasteiger charge is 2.38. The molecule has 2 aromatic rings. The summed E-state index contributed by atoms with van der Waals surface area (Å²) in [5.74, 6) is -5.31. The van der Waals surface area contributed by atoms with Gasteiger partial charge in [-0.3, -0.25) is 9.59 Å². The molecule has 1 fully saturated rings. The average molecular weight is 487 g/mol. The van der Waals surface area contributed by atoms with E-state index in [4.69, 9.17) is 21.4 Å². The summed E-state index contributed by atoms with van der Waals surface area (Å²) in [5, 5.41) is 7.12. The monoisotopic (exact) mass is 487 g/mol. The van der Waals surface area contributed by atoms with Gasteiger partial charge in [-0.25, -0.2) is 13.6 Å². The molecular weight excluding hydrogens is 465 g/mol. The van der Waals surface area contributed by atoms with Crippen molar-refractivity contribution in [3.63, 3.8) is 0 Å². The van der Waals surface area contributed by atoms with E-state index in [0.717, 1.165) is 11.1 Å². The van der Waals surface area contributed by atoms with Gasteiger partial charge >= 0.3 is 12.1 Å². The molecule has 0 bridgehead atoms. The topological polar surface area (TPSA) is 127 Å². The van der Waals surface area contributed by atoms with E-state index < -0.39 is 42.1 Å². The minimum absolute atomic E-state index is 0.0124. The molecule has 3 rings (SSSR count). The van der Waals surface area contributed by atoms with Crippen LogP contribution in [-0.4, -0.2) is 59.3 Å². The first-order valence-corrected chi connectivity index (χ1v) is 9.95. The van der Waals surface area contributed by atoms with Crippen molar-refractivity contribution < 1.29 is 41.4 Å². The number of hydrogen-bond acceptors (Lipinski definition) is 4. The number of hydrogen-bond donors (Lipinski definition) is 3. The predicted molar refractivity (Wildman–Crippen MR) is 112 cm³/mol. The molecule has 0 spiro atoms. The summed E-state index contributed by atoms with van der Waals surface area (Å²) in [5.41, 5.74) is 13.7. The highest BCUT2D eigenvalue weighted by molar-refractivity contribution is 5.93. The van der Waals surface area contributed by atoms with Gasteiger partial charge in [0.1, 0.15) is 18.0 Å². The molecule has 1 heterocycles. The van der Waals surface area contributed by atoms with Crippen LogP contribution in [0.3, 0.4) is 0 Å². The molecule has 0 unspecified atom stereocenters. The number of alkyl halides is 4. The van der Waals surface area contributed by atoms with Crippen molar-refractivity contribution >= 4 is 17.8 Å². The minimum Gasteiger partial charge on any atom is -0.475 e. The fourth-order valence-electron chi connectivity index (χ4n) is 3.35. The number of carboxylic acid groups (broad SMARTS) is 1. The third-order valence-electron chi connectivity index (χ3n) is 5.08. The van der Waals surface area contributed by atoms with Gasteiger partial charge in [-0.05, 0) is 35.2 Å². The van der Waals surface area contributed by atoms with E-state index in [0.29, 0.717) is 5.56 Å². The molecule has 12 heteroatoms. The minimum atomic E-state index is -5.08. The summed E-state index contributed by atoms with van der Waals surface area (Å²) in [6.07, 6.45) is -5.88. The van der Waals surface area contributed by atoms with Crippen LogP contribution >= 0.6 is 0 Å². The van der Waals surface area contributed by atoms with Gasteiger partial charge < -0.3 is 21.5 Å². The first-order chi connectivity index (χ1) is 15.8. The van der Waals surface area contributed by atoms with Gasteiger partial charge in [0.25, 0.3) is 0 Å². The van der Waals surface area contributed by atoms with E-state index in [-0.39, 0.29) is 25.3 Å². The van der Waals surface area contributed by atoms with Crippen LogP contribution in [0.5, 0.6) is 0 Å². The number of nitrogens with zero attached hydrogens (tertiary/aromatic N) is 1. The van der Waals surface area contributed by atoms with E-state index in [2.05, 4.69) is 0 Å². The Bertz CT molecular complexity index is 1010. The fraction of sp³-hybridized carbons (Fsp3) is 0.318. The summed E-state index contributed by atoms with van der Waals surface area (Å²) in [7, 11) is 0. The average Bonchev–Trinajstić information content (AvgIpc) is 3.20. The lowest BCUT2D eigenvalue weighted by Gasteiger charge is -2.25. The van der Waals surface area contributed by atoms with Crippen molar-refractivity contribution in [2.24, 2.45) is 11.5 Å². The zero-order valence-corrected chi connectivity index (χ0v) is 17.6. The molecule has 1 aliphatic heterocycles. The van der Waals surface area contributed by atoms with Crippen LogP contribution in [0.15, 0.2) is 48.5 Å². The molecule has 0 saturated carbocycles. The quantitative estimate of drug-likeness (QED) is 0.559. The smallest absolute Gasteiger partial charge is 0.475 e. The molecule has 1 aliphatic rings. The van der Waals surface area contributed by atoms with E-state index in [1.807, 2.05) is 0 Å². The molecule has 34 heavy (non-hydrogen) atoms. The number of carbonyl (C=O) groups is 3. The van der Waals surface area contributed by atoms with E-state index in [1.165, 1.54) is 17.0 Å². The maximum Gasteiger partial charge on any atom is 0.490 e. The van der Waals surface area contributed by atoms with Gasteiger partial charge in [0.15, 0.2) is 0 Å². The number of nitrogens with two attached hydrogens (primary N) is 2. The Labute approximate surface area is 191 Å². The fourth-order valence-corrected chi connectivity index (χ4v) is 3.35. The molecular formula is C22H22F5N3O4. The molecule has 2 aromatic carbocycles. The van der Waals surface area contributed by atoms with Crippen LogP contribution in [0.25, 0.3) is 11.1 Å². The summed E-state index contributed by atoms with van der Waals surface area (Å²) < 4.78 is 58.2. The van der Waals surface area contributed by atoms with Gasteiger partial charge in [-0.15, -0.1) is 0 Å². The van der Waals surface area contributed by atoms with Crippen LogP contribution in [0.2, 0.25) is 0 Å². The van der Waals surface area contributed by atoms with Gasteiger partial charge in [0.05, 0.1) is 12.5 Å². The Morgan fingerprint density at radius 2 is 1.47 bits per heavy atom. The molecule has 1 saturated heterocycles. The van der Waals surface area contributed by atoms with Crippen LogP contribution in [0, 0.1) is 5.82 Å². The van der Waals surface area contributed by atoms with Crippen molar-refractivity contribution in [1.29, 1.82) is 0 Å². The van der Waals surface area contributed by atoms with E-state index in [9.17, 15) is 31.5 Å². The second-order valence-corrected chi connectivity index (χ2v) is 7.51. The second-order valence-electron chi connectivity index (χ2n) is 7.51. The standard InChI is InChI=1S/C20H21F2N3O2.C2HF3O2/c21-15-7-5-13(6-8-15)12-1-3-14(4-2-12)17(19(24)26)18(23)20(27)25-10-9-16(22)11-25;3-2(4,5)1(6)7/h1-8,16-18H,9-11,23H2,(H2,24,26);(H,6,7)/t16-,17-,18-;/m0./s1. The van der Waals surface area contributed by atoms with Crippen molar-refractivity contribution in [2.75, 3.05) is 13.1 Å². The number of carbonyl (C=O) groups excluding carboxylic acids is 2. The molecule has 2 amide bonds. The Balaban J connectivity index is 0.000000509. The zero-order valence-electron chi connectivity index (χ0n) is 17.6. The third kappa shape index (κ3) is 6.98. The number of aliphatic carboxylic acids is 1. The van der Waals surface area contributed by atoms with Gasteiger partial charge in [-0.1, -0.05) is 36.4 Å². The lowest BCUT2D eigenvalue weighted by Crippen LogP contribution is -2.49. The maximum atomic E-state index is 13.4. The number of likely N-dealkylation sites (tertiary alicyclic amines) is 1. The van der Waals surface area contributed by atoms with Crippen LogP contribution in [0.4, 0.5) is 22.0 Å². The molecule has 184 valence electrons. The molecule has 3 atom stereocenters. The van der Waals surface area contributed by atoms with E-state index >= 15 is 0 Å². The summed E-state index contributed by atoms with van der Waals surface area (Å²) in [6, 6.07) is 11.7. The van der Waals surface area contributed by atoms with Crippen molar-refractivity contribution in [3.05, 3.63) is 59.9 Å². The third-order valence-corrected chi connectivity index (χ3v) is 5.08. The number of benzene rings is 2.